The number of piperidine rings is 1. The molecule has 2 heterocycles. The number of thiazole rings is 1. The van der Waals surface area contributed by atoms with Crippen molar-refractivity contribution in [2.75, 3.05) is 25.5 Å². The zero-order valence-electron chi connectivity index (χ0n) is 11.6. The Bertz CT molecular complexity index is 564. The Labute approximate surface area is 118 Å². The van der Waals surface area contributed by atoms with E-state index >= 15 is 0 Å². The van der Waals surface area contributed by atoms with Gasteiger partial charge in [0.1, 0.15) is 0 Å². The van der Waals surface area contributed by atoms with Gasteiger partial charge < -0.3 is 10.2 Å². The van der Waals surface area contributed by atoms with Crippen molar-refractivity contribution in [3.05, 3.63) is 23.8 Å². The lowest BCUT2D eigenvalue weighted by Crippen LogP contribution is -2.40. The first kappa shape index (κ1) is 12.9. The predicted octanol–water partition coefficient (Wildman–Crippen LogP) is 3.50. The zero-order valence-corrected chi connectivity index (χ0v) is 12.5. The van der Waals surface area contributed by atoms with Gasteiger partial charge in [0.15, 0.2) is 5.13 Å². The van der Waals surface area contributed by atoms with Gasteiger partial charge in [-0.15, -0.1) is 0 Å². The molecule has 1 atom stereocenters. The third kappa shape index (κ3) is 2.90. The second kappa shape index (κ2) is 5.47. The van der Waals surface area contributed by atoms with Crippen molar-refractivity contribution in [2.24, 2.45) is 0 Å². The van der Waals surface area contributed by atoms with Crippen LogP contribution in [0.3, 0.4) is 0 Å². The second-order valence-electron chi connectivity index (χ2n) is 5.50. The highest BCUT2D eigenvalue weighted by Gasteiger charge is 2.18. The lowest BCUT2D eigenvalue weighted by molar-refractivity contribution is 0.194. The fourth-order valence-corrected chi connectivity index (χ4v) is 3.57. The van der Waals surface area contributed by atoms with Gasteiger partial charge in [-0.3, -0.25) is 0 Å². The van der Waals surface area contributed by atoms with Crippen LogP contribution in [-0.2, 0) is 0 Å². The van der Waals surface area contributed by atoms with Crippen LogP contribution in [0.1, 0.15) is 24.8 Å². The third-order valence-electron chi connectivity index (χ3n) is 3.95. The highest BCUT2D eigenvalue weighted by molar-refractivity contribution is 7.22. The maximum absolute atomic E-state index is 4.67. The van der Waals surface area contributed by atoms with Crippen LogP contribution in [0, 0.1) is 6.92 Å². The van der Waals surface area contributed by atoms with Gasteiger partial charge >= 0.3 is 0 Å². The first-order chi connectivity index (χ1) is 9.22. The number of fused-ring (bicyclic) bond motifs is 1. The van der Waals surface area contributed by atoms with E-state index in [1.807, 2.05) is 0 Å². The van der Waals surface area contributed by atoms with Gasteiger partial charge in [-0.05, 0) is 51.1 Å². The fraction of sp³-hybridized carbons (Fsp3) is 0.533. The Morgan fingerprint density at radius 2 is 2.32 bits per heavy atom. The Balaban J connectivity index is 1.68. The normalized spacial score (nSPS) is 20.8. The quantitative estimate of drug-likeness (QED) is 0.929. The van der Waals surface area contributed by atoms with Crippen molar-refractivity contribution < 1.29 is 0 Å². The van der Waals surface area contributed by atoms with Crippen LogP contribution in [0.4, 0.5) is 5.13 Å². The average Bonchev–Trinajstić information content (AvgIpc) is 2.79. The minimum Gasteiger partial charge on any atom is -0.360 e. The van der Waals surface area contributed by atoms with Gasteiger partial charge in [-0.1, -0.05) is 23.8 Å². The van der Waals surface area contributed by atoms with Crippen LogP contribution < -0.4 is 5.32 Å². The number of likely N-dealkylation sites (N-methyl/N-ethyl adjacent to an activating group) is 1. The van der Waals surface area contributed by atoms with Crippen molar-refractivity contribution in [3.8, 4) is 0 Å². The molecule has 1 unspecified atom stereocenters. The molecule has 1 N–H and O–H groups in total. The lowest BCUT2D eigenvalue weighted by Gasteiger charge is -2.32. The average molecular weight is 275 g/mol. The molecule has 1 aromatic carbocycles. The van der Waals surface area contributed by atoms with E-state index in [0.717, 1.165) is 17.2 Å². The maximum atomic E-state index is 4.67. The smallest absolute Gasteiger partial charge is 0.183 e. The van der Waals surface area contributed by atoms with E-state index < -0.39 is 0 Å². The third-order valence-corrected chi connectivity index (χ3v) is 4.95. The molecule has 3 nitrogen and oxygen atoms in total. The molecule has 1 aliphatic heterocycles. The minimum absolute atomic E-state index is 0.655. The summed E-state index contributed by atoms with van der Waals surface area (Å²) in [7, 11) is 2.23. The number of nitrogens with one attached hydrogen (secondary N) is 1. The summed E-state index contributed by atoms with van der Waals surface area (Å²) >= 11 is 1.76. The molecule has 2 aromatic rings. The topological polar surface area (TPSA) is 28.2 Å². The van der Waals surface area contributed by atoms with Gasteiger partial charge in [-0.2, -0.15) is 0 Å². The van der Waals surface area contributed by atoms with Crippen molar-refractivity contribution in [2.45, 2.75) is 32.2 Å². The summed E-state index contributed by atoms with van der Waals surface area (Å²) in [6.07, 6.45) is 4.00. The van der Waals surface area contributed by atoms with Crippen molar-refractivity contribution in [1.82, 2.24) is 9.88 Å². The summed E-state index contributed by atoms with van der Waals surface area (Å²) in [5.74, 6) is 0. The van der Waals surface area contributed by atoms with E-state index in [4.69, 9.17) is 0 Å². The maximum Gasteiger partial charge on any atom is 0.183 e. The molecule has 4 heteroatoms. The molecule has 0 amide bonds. The summed E-state index contributed by atoms with van der Waals surface area (Å²) in [5.41, 5.74) is 2.39. The Kier molecular flexibility index (Phi) is 3.71. The molecule has 0 saturated carbocycles. The Hall–Kier alpha value is -1.13. The van der Waals surface area contributed by atoms with Gasteiger partial charge in [0, 0.05) is 12.6 Å². The van der Waals surface area contributed by atoms with Gasteiger partial charge in [0.05, 0.1) is 10.2 Å². The standard InChI is InChI=1S/C15H21N3S/c1-11-6-7-14-13(9-11)17-15(19-14)16-10-12-5-3-4-8-18(12)2/h6-7,9,12H,3-5,8,10H2,1-2H3,(H,16,17). The predicted molar refractivity (Wildman–Crippen MR) is 83.1 cm³/mol. The molecule has 0 bridgehead atoms. The van der Waals surface area contributed by atoms with Gasteiger partial charge in [0.25, 0.3) is 0 Å². The number of likely N-dealkylation sites (tertiary alicyclic amines) is 1. The van der Waals surface area contributed by atoms with Crippen LogP contribution in [0.15, 0.2) is 18.2 Å². The van der Waals surface area contributed by atoms with Crippen LogP contribution in [0.5, 0.6) is 0 Å². The second-order valence-corrected chi connectivity index (χ2v) is 6.53. The summed E-state index contributed by atoms with van der Waals surface area (Å²) in [6.45, 7) is 4.35. The fourth-order valence-electron chi connectivity index (χ4n) is 2.72. The SMILES string of the molecule is Cc1ccc2sc(NCC3CCCCN3C)nc2c1. The molecule has 102 valence electrons. The van der Waals surface area contributed by atoms with Crippen LogP contribution >= 0.6 is 11.3 Å². The molecular formula is C15H21N3S. The molecule has 1 aliphatic rings. The molecule has 3 rings (SSSR count). The van der Waals surface area contributed by atoms with E-state index in [-0.39, 0.29) is 0 Å². The summed E-state index contributed by atoms with van der Waals surface area (Å²) in [4.78, 5) is 7.14. The van der Waals surface area contributed by atoms with Crippen LogP contribution in [0.25, 0.3) is 10.2 Å². The van der Waals surface area contributed by atoms with E-state index in [1.54, 1.807) is 11.3 Å². The lowest BCUT2D eigenvalue weighted by atomic mass is 10.0. The van der Waals surface area contributed by atoms with Crippen LogP contribution in [0.2, 0.25) is 0 Å². The van der Waals surface area contributed by atoms with Gasteiger partial charge in [-0.25, -0.2) is 4.98 Å². The number of anilines is 1. The first-order valence-corrected chi connectivity index (χ1v) is 7.85. The zero-order chi connectivity index (χ0) is 13.2. The monoisotopic (exact) mass is 275 g/mol. The number of rotatable bonds is 3. The van der Waals surface area contributed by atoms with E-state index in [9.17, 15) is 0 Å². The van der Waals surface area contributed by atoms with Crippen molar-refractivity contribution in [1.29, 1.82) is 0 Å². The highest BCUT2D eigenvalue weighted by Crippen LogP contribution is 2.27. The summed E-state index contributed by atoms with van der Waals surface area (Å²) < 4.78 is 1.27. The largest absolute Gasteiger partial charge is 0.360 e. The molecular weight excluding hydrogens is 254 g/mol. The molecule has 0 aliphatic carbocycles. The molecule has 0 radical (unpaired) electrons. The van der Waals surface area contributed by atoms with E-state index in [1.165, 1.54) is 36.1 Å². The molecule has 1 fully saturated rings. The number of aryl methyl sites for hydroxylation is 1. The van der Waals surface area contributed by atoms with Crippen molar-refractivity contribution in [3.63, 3.8) is 0 Å². The summed E-state index contributed by atoms with van der Waals surface area (Å²) in [6, 6.07) is 7.13. The Morgan fingerprint density at radius 1 is 1.42 bits per heavy atom. The Morgan fingerprint density at radius 3 is 3.16 bits per heavy atom. The van der Waals surface area contributed by atoms with Gasteiger partial charge in [0.2, 0.25) is 0 Å². The van der Waals surface area contributed by atoms with Crippen LogP contribution in [-0.4, -0.2) is 36.1 Å². The van der Waals surface area contributed by atoms with Crippen molar-refractivity contribution >= 4 is 26.7 Å². The minimum atomic E-state index is 0.655. The number of hydrogen-bond donors (Lipinski definition) is 1. The first-order valence-electron chi connectivity index (χ1n) is 7.04. The molecule has 1 aromatic heterocycles. The molecule has 19 heavy (non-hydrogen) atoms. The van der Waals surface area contributed by atoms with E-state index in [2.05, 4.69) is 47.4 Å². The number of nitrogens with zero attached hydrogens (tertiary/aromatic N) is 2. The molecule has 1 saturated heterocycles. The number of hydrogen-bond acceptors (Lipinski definition) is 4. The summed E-state index contributed by atoms with van der Waals surface area (Å²) in [5, 5.41) is 4.57. The van der Waals surface area contributed by atoms with E-state index in [0.29, 0.717) is 6.04 Å². The number of benzene rings is 1. The molecule has 0 spiro atoms. The highest BCUT2D eigenvalue weighted by atomic mass is 32.1. The number of aromatic nitrogens is 1.